The van der Waals surface area contributed by atoms with Gasteiger partial charge in [0, 0.05) is 18.8 Å². The number of aryl methyl sites for hydroxylation is 1. The van der Waals surface area contributed by atoms with Gasteiger partial charge in [0.25, 0.3) is 0 Å². The van der Waals surface area contributed by atoms with Gasteiger partial charge in [-0.15, -0.1) is 0 Å². The van der Waals surface area contributed by atoms with Crippen molar-refractivity contribution in [2.45, 2.75) is 52.2 Å². The maximum Gasteiger partial charge on any atom is 0.226 e. The molecule has 2 aromatic heterocycles. The highest BCUT2D eigenvalue weighted by Crippen LogP contribution is 2.18. The van der Waals surface area contributed by atoms with E-state index < -0.39 is 0 Å². The summed E-state index contributed by atoms with van der Waals surface area (Å²) in [6, 6.07) is 1.94. The largest absolute Gasteiger partial charge is 0.388 e. The van der Waals surface area contributed by atoms with Crippen LogP contribution in [-0.4, -0.2) is 19.8 Å². The molecule has 0 aliphatic heterocycles. The van der Waals surface area contributed by atoms with E-state index in [1.807, 2.05) is 23.0 Å². The summed E-state index contributed by atoms with van der Waals surface area (Å²) in [6.45, 7) is 4.72. The molecule has 5 nitrogen and oxygen atoms in total. The zero-order valence-electron chi connectivity index (χ0n) is 11.5. The summed E-state index contributed by atoms with van der Waals surface area (Å²) in [5.41, 5.74) is 0.944. The molecule has 104 valence electrons. The van der Waals surface area contributed by atoms with Crippen molar-refractivity contribution in [2.24, 2.45) is 0 Å². The summed E-state index contributed by atoms with van der Waals surface area (Å²) in [7, 11) is 0. The molecule has 0 aromatic carbocycles. The van der Waals surface area contributed by atoms with E-state index in [4.69, 9.17) is 4.52 Å². The van der Waals surface area contributed by atoms with Crippen molar-refractivity contribution in [2.75, 3.05) is 0 Å². The second-order valence-electron chi connectivity index (χ2n) is 4.78. The van der Waals surface area contributed by atoms with E-state index in [1.165, 1.54) is 0 Å². The molecule has 1 atom stereocenters. The van der Waals surface area contributed by atoms with E-state index >= 15 is 0 Å². The summed E-state index contributed by atoms with van der Waals surface area (Å²) < 4.78 is 7.11. The highest BCUT2D eigenvalue weighted by atomic mass is 16.5. The third-order valence-electron chi connectivity index (χ3n) is 3.02. The Balaban J connectivity index is 1.98. The Bertz CT molecular complexity index is 504. The lowest BCUT2D eigenvalue weighted by molar-refractivity contribution is 0.166. The Morgan fingerprint density at radius 3 is 2.95 bits per heavy atom. The number of aromatic nitrogens is 3. The van der Waals surface area contributed by atoms with Gasteiger partial charge in [-0.3, -0.25) is 0 Å². The molecule has 0 aliphatic carbocycles. The van der Waals surface area contributed by atoms with Crippen LogP contribution in [0.3, 0.4) is 0 Å². The van der Waals surface area contributed by atoms with Crippen molar-refractivity contribution in [3.05, 3.63) is 35.7 Å². The molecular weight excluding hydrogens is 242 g/mol. The minimum absolute atomic E-state index is 0.382. The van der Waals surface area contributed by atoms with Crippen LogP contribution in [0.4, 0.5) is 0 Å². The summed E-state index contributed by atoms with van der Waals surface area (Å²) in [5, 5.41) is 13.9. The Morgan fingerprint density at radius 2 is 2.21 bits per heavy atom. The van der Waals surface area contributed by atoms with E-state index in [9.17, 15) is 5.11 Å². The van der Waals surface area contributed by atoms with Crippen molar-refractivity contribution in [1.29, 1.82) is 0 Å². The molecule has 19 heavy (non-hydrogen) atoms. The highest BCUT2D eigenvalue weighted by Gasteiger charge is 2.10. The Morgan fingerprint density at radius 1 is 1.37 bits per heavy atom. The molecule has 1 unspecified atom stereocenters. The first kappa shape index (κ1) is 13.8. The summed E-state index contributed by atoms with van der Waals surface area (Å²) in [5.74, 6) is 1.37. The predicted octanol–water partition coefficient (Wildman–Crippen LogP) is 2.71. The fourth-order valence-electron chi connectivity index (χ4n) is 2.03. The van der Waals surface area contributed by atoms with Gasteiger partial charge in [-0.05, 0) is 24.5 Å². The number of rotatable bonds is 7. The highest BCUT2D eigenvalue weighted by molar-refractivity contribution is 5.14. The van der Waals surface area contributed by atoms with Gasteiger partial charge in [0.05, 0.1) is 12.6 Å². The van der Waals surface area contributed by atoms with Crippen molar-refractivity contribution in [1.82, 2.24) is 14.7 Å². The minimum atomic E-state index is -0.382. The van der Waals surface area contributed by atoms with Crippen LogP contribution in [-0.2, 0) is 13.0 Å². The van der Waals surface area contributed by atoms with Gasteiger partial charge >= 0.3 is 0 Å². The van der Waals surface area contributed by atoms with Crippen LogP contribution in [0.2, 0.25) is 0 Å². The van der Waals surface area contributed by atoms with Crippen molar-refractivity contribution >= 4 is 0 Å². The fraction of sp³-hybridized carbons (Fsp3) is 0.571. The lowest BCUT2D eigenvalue weighted by Gasteiger charge is -2.05. The van der Waals surface area contributed by atoms with E-state index in [0.717, 1.165) is 31.2 Å². The Kier molecular flexibility index (Phi) is 4.74. The molecule has 2 aromatic rings. The van der Waals surface area contributed by atoms with Crippen LogP contribution in [0.15, 0.2) is 23.0 Å². The van der Waals surface area contributed by atoms with E-state index in [0.29, 0.717) is 18.3 Å². The van der Waals surface area contributed by atoms with Gasteiger partial charge in [0.2, 0.25) is 5.89 Å². The van der Waals surface area contributed by atoms with Crippen LogP contribution in [0.1, 0.15) is 56.5 Å². The molecule has 0 spiro atoms. The standard InChI is InChI=1S/C14H21N3O2/c1-3-5-12(18)11-7-8-17(9-11)10-13-15-14(6-4-2)19-16-13/h7-9,12,18H,3-6,10H2,1-2H3. The average molecular weight is 263 g/mol. The monoisotopic (exact) mass is 263 g/mol. The lowest BCUT2D eigenvalue weighted by atomic mass is 10.1. The third kappa shape index (κ3) is 3.67. The van der Waals surface area contributed by atoms with E-state index in [-0.39, 0.29) is 6.10 Å². The van der Waals surface area contributed by atoms with Crippen molar-refractivity contribution in [3.8, 4) is 0 Å². The molecule has 0 fully saturated rings. The second-order valence-corrected chi connectivity index (χ2v) is 4.78. The molecule has 0 bridgehead atoms. The predicted molar refractivity (Wildman–Crippen MR) is 71.7 cm³/mol. The first-order valence-electron chi connectivity index (χ1n) is 6.88. The third-order valence-corrected chi connectivity index (χ3v) is 3.02. The quantitative estimate of drug-likeness (QED) is 0.834. The first-order valence-corrected chi connectivity index (χ1v) is 6.88. The van der Waals surface area contributed by atoms with Gasteiger partial charge < -0.3 is 14.2 Å². The summed E-state index contributed by atoms with van der Waals surface area (Å²) in [6.07, 6.45) is 7.06. The van der Waals surface area contributed by atoms with Crippen LogP contribution in [0.25, 0.3) is 0 Å². The molecule has 0 aliphatic rings. The molecule has 1 N–H and O–H groups in total. The Labute approximate surface area is 113 Å². The van der Waals surface area contributed by atoms with Crippen LogP contribution in [0.5, 0.6) is 0 Å². The number of aliphatic hydroxyl groups is 1. The molecule has 2 rings (SSSR count). The van der Waals surface area contributed by atoms with Crippen LogP contribution >= 0.6 is 0 Å². The maximum absolute atomic E-state index is 9.91. The number of hydrogen-bond acceptors (Lipinski definition) is 4. The lowest BCUT2D eigenvalue weighted by Crippen LogP contribution is -2.00. The molecule has 0 saturated heterocycles. The SMILES string of the molecule is CCCc1nc(Cn2ccc(C(O)CCC)c2)no1. The van der Waals surface area contributed by atoms with E-state index in [1.54, 1.807) is 0 Å². The minimum Gasteiger partial charge on any atom is -0.388 e. The maximum atomic E-state index is 9.91. The van der Waals surface area contributed by atoms with Crippen LogP contribution in [0, 0.1) is 0 Å². The first-order chi connectivity index (χ1) is 9.22. The zero-order chi connectivity index (χ0) is 13.7. The fourth-order valence-corrected chi connectivity index (χ4v) is 2.03. The molecule has 0 amide bonds. The Hall–Kier alpha value is -1.62. The average Bonchev–Trinajstić information content (AvgIpc) is 3.00. The van der Waals surface area contributed by atoms with Crippen molar-refractivity contribution < 1.29 is 9.63 Å². The molecule has 0 radical (unpaired) electrons. The normalized spacial score (nSPS) is 12.8. The van der Waals surface area contributed by atoms with Crippen LogP contribution < -0.4 is 0 Å². The van der Waals surface area contributed by atoms with Gasteiger partial charge in [-0.2, -0.15) is 4.98 Å². The molecule has 0 saturated carbocycles. The van der Waals surface area contributed by atoms with Gasteiger partial charge in [0.15, 0.2) is 5.82 Å². The van der Waals surface area contributed by atoms with Gasteiger partial charge in [0.1, 0.15) is 0 Å². The zero-order valence-corrected chi connectivity index (χ0v) is 11.5. The second kappa shape index (κ2) is 6.52. The topological polar surface area (TPSA) is 64.1 Å². The number of hydrogen-bond donors (Lipinski definition) is 1. The van der Waals surface area contributed by atoms with Gasteiger partial charge in [-0.1, -0.05) is 25.4 Å². The van der Waals surface area contributed by atoms with Gasteiger partial charge in [-0.25, -0.2) is 0 Å². The van der Waals surface area contributed by atoms with Crippen molar-refractivity contribution in [3.63, 3.8) is 0 Å². The summed E-state index contributed by atoms with van der Waals surface area (Å²) in [4.78, 5) is 4.32. The molecular formula is C14H21N3O2. The molecule has 2 heterocycles. The summed E-state index contributed by atoms with van der Waals surface area (Å²) >= 11 is 0. The smallest absolute Gasteiger partial charge is 0.226 e. The van der Waals surface area contributed by atoms with E-state index in [2.05, 4.69) is 24.0 Å². The number of aliphatic hydroxyl groups excluding tert-OH is 1. The number of nitrogens with zero attached hydrogens (tertiary/aromatic N) is 3. The molecule has 5 heteroatoms.